The molecule has 1 heterocycles. The molecule has 3 rings (SSSR count). The van der Waals surface area contributed by atoms with Crippen LogP contribution in [0, 0.1) is 5.92 Å². The van der Waals surface area contributed by atoms with Crippen molar-refractivity contribution >= 4 is 35.1 Å². The lowest BCUT2D eigenvalue weighted by molar-refractivity contribution is -0.141. The lowest BCUT2D eigenvalue weighted by Gasteiger charge is -2.18. The summed E-state index contributed by atoms with van der Waals surface area (Å²) in [7, 11) is 1.47. The Morgan fingerprint density at radius 1 is 1.08 bits per heavy atom. The lowest BCUT2D eigenvalue weighted by atomic mass is 9.89. The minimum Gasteiger partial charge on any atom is -0.496 e. The van der Waals surface area contributed by atoms with Gasteiger partial charge in [0.15, 0.2) is 0 Å². The number of carboxylic acid groups (broad SMARTS) is 1. The number of carbonyl (C=O) groups excluding carboxylic acids is 1. The smallest absolute Gasteiger partial charge is 0.308 e. The van der Waals surface area contributed by atoms with Gasteiger partial charge in [0.2, 0.25) is 0 Å². The van der Waals surface area contributed by atoms with Gasteiger partial charge in [-0.2, -0.15) is 0 Å². The number of nitrogens with zero attached hydrogens (tertiary/aromatic N) is 1. The molecule has 0 bridgehead atoms. The molecular weight excluding hydrogens is 377 g/mol. The van der Waals surface area contributed by atoms with Crippen molar-refractivity contribution < 1.29 is 19.4 Å². The van der Waals surface area contributed by atoms with Crippen LogP contribution in [0.2, 0.25) is 10.0 Å². The average molecular weight is 394 g/mol. The van der Waals surface area contributed by atoms with Crippen LogP contribution in [0.4, 0.5) is 0 Å². The summed E-state index contributed by atoms with van der Waals surface area (Å²) in [4.78, 5) is 26.2. The van der Waals surface area contributed by atoms with Gasteiger partial charge in [-0.25, -0.2) is 0 Å². The van der Waals surface area contributed by atoms with E-state index in [1.807, 2.05) is 0 Å². The molecule has 1 saturated heterocycles. The minimum atomic E-state index is -0.932. The van der Waals surface area contributed by atoms with Crippen LogP contribution in [0.3, 0.4) is 0 Å². The largest absolute Gasteiger partial charge is 0.496 e. The van der Waals surface area contributed by atoms with Crippen molar-refractivity contribution in [2.75, 3.05) is 20.2 Å². The number of benzene rings is 2. The van der Waals surface area contributed by atoms with E-state index < -0.39 is 11.9 Å². The number of carbonyl (C=O) groups is 2. The maximum Gasteiger partial charge on any atom is 0.308 e. The van der Waals surface area contributed by atoms with E-state index in [1.54, 1.807) is 36.4 Å². The molecule has 5 nitrogen and oxygen atoms in total. The van der Waals surface area contributed by atoms with E-state index >= 15 is 0 Å². The Labute approximate surface area is 161 Å². The maximum atomic E-state index is 13.0. The Hall–Kier alpha value is -2.24. The third-order valence-electron chi connectivity index (χ3n) is 4.61. The molecule has 1 fully saturated rings. The van der Waals surface area contributed by atoms with Crippen molar-refractivity contribution in [3.05, 3.63) is 63.6 Å². The maximum absolute atomic E-state index is 13.0. The van der Waals surface area contributed by atoms with E-state index in [0.717, 1.165) is 5.56 Å². The minimum absolute atomic E-state index is 0.122. The molecule has 7 heteroatoms. The molecule has 26 heavy (non-hydrogen) atoms. The van der Waals surface area contributed by atoms with Crippen molar-refractivity contribution in [1.82, 2.24) is 4.90 Å². The third-order valence-corrected chi connectivity index (χ3v) is 5.10. The molecule has 0 radical (unpaired) electrons. The van der Waals surface area contributed by atoms with Crippen LogP contribution in [0.15, 0.2) is 42.5 Å². The molecule has 1 aliphatic heterocycles. The molecule has 2 aromatic rings. The zero-order chi connectivity index (χ0) is 18.8. The number of amides is 1. The molecule has 0 aliphatic carbocycles. The number of likely N-dealkylation sites (tertiary alicyclic amines) is 1. The molecule has 0 spiro atoms. The van der Waals surface area contributed by atoms with E-state index in [2.05, 4.69) is 0 Å². The van der Waals surface area contributed by atoms with E-state index in [4.69, 9.17) is 27.9 Å². The van der Waals surface area contributed by atoms with Crippen LogP contribution in [0.25, 0.3) is 0 Å². The number of aliphatic carboxylic acids is 1. The van der Waals surface area contributed by atoms with E-state index in [9.17, 15) is 14.7 Å². The van der Waals surface area contributed by atoms with Crippen LogP contribution in [0.5, 0.6) is 5.75 Å². The van der Waals surface area contributed by atoms with Crippen molar-refractivity contribution in [2.24, 2.45) is 5.92 Å². The van der Waals surface area contributed by atoms with Crippen LogP contribution < -0.4 is 4.74 Å². The topological polar surface area (TPSA) is 66.8 Å². The van der Waals surface area contributed by atoms with Gasteiger partial charge < -0.3 is 14.7 Å². The SMILES string of the molecule is COc1ccc(Cl)cc1C(=O)N1C[C@@H](C(=O)O)[C@H](c2ccc(Cl)cc2)C1. The van der Waals surface area contributed by atoms with Crippen molar-refractivity contribution in [1.29, 1.82) is 0 Å². The summed E-state index contributed by atoms with van der Waals surface area (Å²) < 4.78 is 5.24. The summed E-state index contributed by atoms with van der Waals surface area (Å²) in [5.74, 6) is -1.82. The zero-order valence-electron chi connectivity index (χ0n) is 14.0. The normalized spacial score (nSPS) is 19.4. The van der Waals surface area contributed by atoms with Gasteiger partial charge in [0, 0.05) is 29.1 Å². The quantitative estimate of drug-likeness (QED) is 0.853. The first-order valence-electron chi connectivity index (χ1n) is 8.01. The number of halogens is 2. The number of ether oxygens (including phenoxy) is 1. The van der Waals surface area contributed by atoms with Gasteiger partial charge in [-0.15, -0.1) is 0 Å². The predicted molar refractivity (Wildman–Crippen MR) is 99.2 cm³/mol. The molecule has 1 aliphatic rings. The second kappa shape index (κ2) is 7.56. The molecule has 2 atom stereocenters. The summed E-state index contributed by atoms with van der Waals surface area (Å²) in [6.07, 6.45) is 0. The molecule has 0 unspecified atom stereocenters. The van der Waals surface area contributed by atoms with Crippen LogP contribution in [0.1, 0.15) is 21.8 Å². The number of hydrogen-bond donors (Lipinski definition) is 1. The number of rotatable bonds is 4. The Kier molecular flexibility index (Phi) is 5.39. The molecule has 0 saturated carbocycles. The Morgan fingerprint density at radius 3 is 2.35 bits per heavy atom. The third kappa shape index (κ3) is 3.64. The first-order chi connectivity index (χ1) is 12.4. The molecular formula is C19H17Cl2NO4. The van der Waals surface area contributed by atoms with Gasteiger partial charge in [-0.1, -0.05) is 35.3 Å². The molecule has 1 amide bonds. The Bertz CT molecular complexity index is 838. The highest BCUT2D eigenvalue weighted by Gasteiger charge is 2.41. The molecule has 136 valence electrons. The highest BCUT2D eigenvalue weighted by atomic mass is 35.5. The fraction of sp³-hybridized carbons (Fsp3) is 0.263. The van der Waals surface area contributed by atoms with E-state index in [1.165, 1.54) is 18.1 Å². The zero-order valence-corrected chi connectivity index (χ0v) is 15.5. The second-order valence-electron chi connectivity index (χ2n) is 6.16. The number of carboxylic acids is 1. The molecule has 1 N–H and O–H groups in total. The summed E-state index contributed by atoms with van der Waals surface area (Å²) >= 11 is 11.9. The van der Waals surface area contributed by atoms with E-state index in [0.29, 0.717) is 27.9 Å². The van der Waals surface area contributed by atoms with Crippen LogP contribution in [-0.4, -0.2) is 42.1 Å². The van der Waals surface area contributed by atoms with Gasteiger partial charge in [-0.05, 0) is 35.9 Å². The van der Waals surface area contributed by atoms with Crippen molar-refractivity contribution in [3.63, 3.8) is 0 Å². The van der Waals surface area contributed by atoms with Gasteiger partial charge in [0.25, 0.3) is 5.91 Å². The Morgan fingerprint density at radius 2 is 1.73 bits per heavy atom. The van der Waals surface area contributed by atoms with Crippen molar-refractivity contribution in [2.45, 2.75) is 5.92 Å². The number of methoxy groups -OCH3 is 1. The fourth-order valence-corrected chi connectivity index (χ4v) is 3.58. The summed E-state index contributed by atoms with van der Waals surface area (Å²) in [5.41, 5.74) is 1.16. The first kappa shape index (κ1) is 18.5. The fourth-order valence-electron chi connectivity index (χ4n) is 3.29. The predicted octanol–water partition coefficient (Wildman–Crippen LogP) is 3.94. The van der Waals surface area contributed by atoms with E-state index in [-0.39, 0.29) is 18.4 Å². The summed E-state index contributed by atoms with van der Waals surface area (Å²) in [6, 6.07) is 11.8. The van der Waals surface area contributed by atoms with Gasteiger partial charge in [0.1, 0.15) is 5.75 Å². The highest BCUT2D eigenvalue weighted by Crippen LogP contribution is 2.35. The lowest BCUT2D eigenvalue weighted by Crippen LogP contribution is -2.30. The summed E-state index contributed by atoms with van der Waals surface area (Å²) in [6.45, 7) is 0.421. The second-order valence-corrected chi connectivity index (χ2v) is 7.03. The van der Waals surface area contributed by atoms with Crippen LogP contribution in [-0.2, 0) is 4.79 Å². The molecule has 0 aromatic heterocycles. The first-order valence-corrected chi connectivity index (χ1v) is 8.77. The summed E-state index contributed by atoms with van der Waals surface area (Å²) in [5, 5.41) is 10.6. The standard InChI is InChI=1S/C19H17Cl2NO4/c1-26-17-7-6-13(21)8-14(17)18(23)22-9-15(16(10-22)19(24)25)11-2-4-12(20)5-3-11/h2-8,15-16H,9-10H2,1H3,(H,24,25)/t15-,16+/m0/s1. The average Bonchev–Trinajstić information content (AvgIpc) is 3.07. The van der Waals surface area contributed by atoms with Gasteiger partial charge in [0.05, 0.1) is 18.6 Å². The monoisotopic (exact) mass is 393 g/mol. The van der Waals surface area contributed by atoms with Crippen molar-refractivity contribution in [3.8, 4) is 5.75 Å². The van der Waals surface area contributed by atoms with Gasteiger partial charge >= 0.3 is 5.97 Å². The Balaban J connectivity index is 1.90. The van der Waals surface area contributed by atoms with Crippen LogP contribution >= 0.6 is 23.2 Å². The van der Waals surface area contributed by atoms with Gasteiger partial charge in [-0.3, -0.25) is 9.59 Å². The highest BCUT2D eigenvalue weighted by molar-refractivity contribution is 6.31. The number of hydrogen-bond acceptors (Lipinski definition) is 3. The molecule has 2 aromatic carbocycles.